The Bertz CT molecular complexity index is 1280. The van der Waals surface area contributed by atoms with Gasteiger partial charge in [0.2, 0.25) is 0 Å². The highest BCUT2D eigenvalue weighted by Gasteiger charge is 2.28. The summed E-state index contributed by atoms with van der Waals surface area (Å²) in [5, 5.41) is 14.0. The second-order valence-corrected chi connectivity index (χ2v) is 9.28. The van der Waals surface area contributed by atoms with E-state index >= 15 is 0 Å². The van der Waals surface area contributed by atoms with Crippen LogP contribution in [0.2, 0.25) is 5.02 Å². The fourth-order valence-corrected chi connectivity index (χ4v) is 4.77. The zero-order valence-electron chi connectivity index (χ0n) is 17.9. The molecule has 0 unspecified atom stereocenters. The maximum atomic E-state index is 13.3. The zero-order chi connectivity index (χ0) is 24.0. The number of hydrazone groups is 1. The largest absolute Gasteiger partial charge is 0.504 e. The van der Waals surface area contributed by atoms with Gasteiger partial charge >= 0.3 is 0 Å². The summed E-state index contributed by atoms with van der Waals surface area (Å²) in [4.78, 5) is 12.7. The van der Waals surface area contributed by atoms with Gasteiger partial charge in [0.25, 0.3) is 15.9 Å². The summed E-state index contributed by atoms with van der Waals surface area (Å²) in [5.74, 6) is -0.423. The predicted octanol–water partition coefficient (Wildman–Crippen LogP) is 3.71. The number of carbonyl (C=O) groups is 1. The second kappa shape index (κ2) is 10.4. The Morgan fingerprint density at radius 2 is 1.88 bits per heavy atom. The van der Waals surface area contributed by atoms with Crippen LogP contribution >= 0.6 is 11.6 Å². The van der Waals surface area contributed by atoms with E-state index in [1.807, 2.05) is 0 Å². The van der Waals surface area contributed by atoms with Crippen LogP contribution in [0.5, 0.6) is 11.5 Å². The summed E-state index contributed by atoms with van der Waals surface area (Å²) in [6, 6.07) is 17.1. The lowest BCUT2D eigenvalue weighted by atomic mass is 10.2. The van der Waals surface area contributed by atoms with Crippen LogP contribution in [0.1, 0.15) is 11.1 Å². The molecule has 172 valence electrons. The first kappa shape index (κ1) is 24.1. The lowest BCUT2D eigenvalue weighted by Crippen LogP contribution is -2.40. The van der Waals surface area contributed by atoms with Crippen LogP contribution in [-0.2, 0) is 14.8 Å². The Labute approximate surface area is 197 Å². The maximum absolute atomic E-state index is 13.3. The zero-order valence-corrected chi connectivity index (χ0v) is 19.5. The van der Waals surface area contributed by atoms with Gasteiger partial charge < -0.3 is 9.84 Å². The maximum Gasteiger partial charge on any atom is 0.264 e. The molecule has 0 aliphatic heterocycles. The van der Waals surface area contributed by atoms with E-state index in [2.05, 4.69) is 10.5 Å². The number of nitrogens with zero attached hydrogens (tertiary/aromatic N) is 2. The van der Waals surface area contributed by atoms with Gasteiger partial charge in [0.1, 0.15) is 6.54 Å². The van der Waals surface area contributed by atoms with E-state index in [1.54, 1.807) is 49.4 Å². The number of rotatable bonds is 8. The number of carbonyl (C=O) groups excluding carboxylic acids is 1. The molecule has 10 heteroatoms. The standard InChI is InChI=1S/C23H22ClN3O5S/c1-16-12-18(24)9-10-20(16)27(33(30,31)19-6-4-3-5-7-19)15-23(29)26-25-14-17-8-11-21(28)22(13-17)32-2/h3-14,28H,15H2,1-2H3,(H,26,29)/b25-14-. The van der Waals surface area contributed by atoms with E-state index in [0.717, 1.165) is 4.31 Å². The molecule has 33 heavy (non-hydrogen) atoms. The van der Waals surface area contributed by atoms with Crippen LogP contribution in [0.15, 0.2) is 76.7 Å². The number of hydrogen-bond donors (Lipinski definition) is 2. The van der Waals surface area contributed by atoms with Crippen LogP contribution < -0.4 is 14.5 Å². The van der Waals surface area contributed by atoms with Gasteiger partial charge in [0, 0.05) is 5.02 Å². The fraction of sp³-hybridized carbons (Fsp3) is 0.130. The topological polar surface area (TPSA) is 108 Å². The molecule has 8 nitrogen and oxygen atoms in total. The minimum absolute atomic E-state index is 0.0289. The van der Waals surface area contributed by atoms with Crippen LogP contribution in [0.4, 0.5) is 5.69 Å². The summed E-state index contributed by atoms with van der Waals surface area (Å²) in [6.45, 7) is 1.21. The van der Waals surface area contributed by atoms with Crippen LogP contribution in [0, 0.1) is 6.92 Å². The SMILES string of the molecule is COc1cc(/C=N\NC(=O)CN(c2ccc(Cl)cc2C)S(=O)(=O)c2ccccc2)ccc1O. The summed E-state index contributed by atoms with van der Waals surface area (Å²) in [7, 11) is -2.63. The number of hydrogen-bond acceptors (Lipinski definition) is 6. The molecule has 0 bridgehead atoms. The first-order chi connectivity index (χ1) is 15.7. The number of nitrogens with one attached hydrogen (secondary N) is 1. The van der Waals surface area contributed by atoms with Crippen LogP contribution in [0.25, 0.3) is 0 Å². The number of aryl methyl sites for hydroxylation is 1. The molecule has 3 rings (SSSR count). The third-order valence-corrected chi connectivity index (χ3v) is 6.66. The van der Waals surface area contributed by atoms with Crippen LogP contribution in [-0.4, -0.2) is 39.3 Å². The molecule has 0 aliphatic carbocycles. The smallest absolute Gasteiger partial charge is 0.264 e. The van der Waals surface area contributed by atoms with Gasteiger partial charge in [-0.05, 0) is 66.6 Å². The molecule has 3 aromatic carbocycles. The van der Waals surface area contributed by atoms with Crippen molar-refractivity contribution in [2.45, 2.75) is 11.8 Å². The first-order valence-corrected chi connectivity index (χ1v) is 11.6. The third-order valence-electron chi connectivity index (χ3n) is 4.65. The van der Waals surface area contributed by atoms with Gasteiger partial charge in [-0.15, -0.1) is 0 Å². The third kappa shape index (κ3) is 5.82. The van der Waals surface area contributed by atoms with Gasteiger partial charge in [-0.2, -0.15) is 5.10 Å². The molecule has 0 fully saturated rings. The summed E-state index contributed by atoms with van der Waals surface area (Å²) in [5.41, 5.74) is 3.81. The Kier molecular flexibility index (Phi) is 7.57. The van der Waals surface area contributed by atoms with Crippen molar-refractivity contribution in [1.82, 2.24) is 5.43 Å². The van der Waals surface area contributed by atoms with Gasteiger partial charge in [-0.25, -0.2) is 13.8 Å². The van der Waals surface area contributed by atoms with E-state index in [1.165, 1.54) is 37.6 Å². The number of benzene rings is 3. The molecular weight excluding hydrogens is 466 g/mol. The Morgan fingerprint density at radius 1 is 1.15 bits per heavy atom. The monoisotopic (exact) mass is 487 g/mol. The average molecular weight is 488 g/mol. The summed E-state index contributed by atoms with van der Waals surface area (Å²) < 4.78 is 32.7. The molecule has 3 aromatic rings. The highest BCUT2D eigenvalue weighted by atomic mass is 35.5. The normalized spacial score (nSPS) is 11.4. The Hall–Kier alpha value is -3.56. The van der Waals surface area contributed by atoms with E-state index in [9.17, 15) is 18.3 Å². The number of amides is 1. The number of methoxy groups -OCH3 is 1. The number of halogens is 1. The fourth-order valence-electron chi connectivity index (χ4n) is 3.04. The van der Waals surface area contributed by atoms with Gasteiger partial charge in [-0.3, -0.25) is 9.10 Å². The number of ether oxygens (including phenoxy) is 1. The summed E-state index contributed by atoms with van der Waals surface area (Å²) in [6.07, 6.45) is 1.35. The van der Waals surface area contributed by atoms with Gasteiger partial charge in [-0.1, -0.05) is 29.8 Å². The van der Waals surface area contributed by atoms with Crippen molar-refractivity contribution < 1.29 is 23.1 Å². The molecule has 0 atom stereocenters. The molecular formula is C23H22ClN3O5S. The Balaban J connectivity index is 1.85. The molecule has 1 amide bonds. The van der Waals surface area contributed by atoms with Crippen molar-refractivity contribution >= 4 is 39.4 Å². The number of phenols is 1. The average Bonchev–Trinajstić information content (AvgIpc) is 2.79. The number of phenolic OH excluding ortho intramolecular Hbond substituents is 1. The van der Waals surface area contributed by atoms with Gasteiger partial charge in [0.05, 0.1) is 23.9 Å². The van der Waals surface area contributed by atoms with E-state index in [-0.39, 0.29) is 16.4 Å². The van der Waals surface area contributed by atoms with Crippen molar-refractivity contribution in [2.24, 2.45) is 5.10 Å². The van der Waals surface area contributed by atoms with Crippen molar-refractivity contribution in [1.29, 1.82) is 0 Å². The highest BCUT2D eigenvalue weighted by Crippen LogP contribution is 2.29. The molecule has 0 saturated heterocycles. The molecule has 0 radical (unpaired) electrons. The first-order valence-electron chi connectivity index (χ1n) is 9.75. The highest BCUT2D eigenvalue weighted by molar-refractivity contribution is 7.92. The Morgan fingerprint density at radius 3 is 2.55 bits per heavy atom. The molecule has 0 heterocycles. The number of aromatic hydroxyl groups is 1. The lowest BCUT2D eigenvalue weighted by molar-refractivity contribution is -0.119. The van der Waals surface area contributed by atoms with Gasteiger partial charge in [0.15, 0.2) is 11.5 Å². The number of sulfonamides is 1. The molecule has 0 saturated carbocycles. The van der Waals surface area contributed by atoms with E-state index in [4.69, 9.17) is 16.3 Å². The predicted molar refractivity (Wildman–Crippen MR) is 128 cm³/mol. The lowest BCUT2D eigenvalue weighted by Gasteiger charge is -2.25. The molecule has 0 aromatic heterocycles. The van der Waals surface area contributed by atoms with Crippen molar-refractivity contribution in [2.75, 3.05) is 18.0 Å². The second-order valence-electron chi connectivity index (χ2n) is 6.98. The minimum atomic E-state index is -4.04. The quantitative estimate of drug-likeness (QED) is 0.372. The number of anilines is 1. The van der Waals surface area contributed by atoms with E-state index < -0.39 is 22.5 Å². The van der Waals surface area contributed by atoms with Crippen molar-refractivity contribution in [3.8, 4) is 11.5 Å². The van der Waals surface area contributed by atoms with E-state index in [0.29, 0.717) is 21.8 Å². The van der Waals surface area contributed by atoms with Crippen molar-refractivity contribution in [3.05, 3.63) is 82.9 Å². The minimum Gasteiger partial charge on any atom is -0.504 e. The molecule has 2 N–H and O–H groups in total. The van der Waals surface area contributed by atoms with Crippen molar-refractivity contribution in [3.63, 3.8) is 0 Å². The van der Waals surface area contributed by atoms with Crippen LogP contribution in [0.3, 0.4) is 0 Å². The molecule has 0 spiro atoms. The summed E-state index contributed by atoms with van der Waals surface area (Å²) >= 11 is 6.03. The molecule has 0 aliphatic rings.